The highest BCUT2D eigenvalue weighted by molar-refractivity contribution is 5.01. The van der Waals surface area contributed by atoms with Gasteiger partial charge in [-0.15, -0.1) is 0 Å². The predicted octanol–water partition coefficient (Wildman–Crippen LogP) is 5.42. The fraction of sp³-hybridized carbons (Fsp3) is 1.00. The van der Waals surface area contributed by atoms with Gasteiger partial charge in [0.2, 0.25) is 11.8 Å². The Morgan fingerprint density at radius 3 is 1.42 bits per heavy atom. The molecule has 0 aliphatic heterocycles. The van der Waals surface area contributed by atoms with Crippen LogP contribution < -0.4 is 0 Å². The number of hydrogen-bond acceptors (Lipinski definition) is 0. The van der Waals surface area contributed by atoms with Crippen molar-refractivity contribution in [3.63, 3.8) is 0 Å². The molecule has 0 radical (unpaired) electrons. The van der Waals surface area contributed by atoms with Crippen LogP contribution in [-0.4, -0.2) is 11.8 Å². The molecule has 0 aromatic rings. The van der Waals surface area contributed by atoms with Gasteiger partial charge in [-0.2, -0.15) is 0 Å². The van der Waals surface area contributed by atoms with E-state index in [-0.39, 0.29) is 31.1 Å². The van der Waals surface area contributed by atoms with E-state index in [1.54, 1.807) is 0 Å². The number of rotatable bonds is 1. The molecule has 0 heterocycles. The highest BCUT2D eigenvalue weighted by atomic mass is 19.3. The molecule has 0 aromatic carbocycles. The van der Waals surface area contributed by atoms with Gasteiger partial charge in [0.25, 0.3) is 0 Å². The minimum Gasteiger partial charge on any atom is -0.207 e. The first kappa shape index (κ1) is 13.7. The molecule has 3 fully saturated rings. The highest BCUT2D eigenvalue weighted by Crippen LogP contribution is 2.60. The zero-order chi connectivity index (χ0) is 13.7. The summed E-state index contributed by atoms with van der Waals surface area (Å²) in [6.07, 6.45) is 5.17. The molecular weight excluding hydrogens is 256 g/mol. The van der Waals surface area contributed by atoms with Crippen molar-refractivity contribution in [2.24, 2.45) is 17.3 Å². The van der Waals surface area contributed by atoms with Gasteiger partial charge >= 0.3 is 0 Å². The SMILES string of the molecule is FC1(F)CCC(C2CCC3(CC2)CC(F)(F)C3)CC1. The molecule has 0 nitrogen and oxygen atoms in total. The van der Waals surface area contributed by atoms with Crippen molar-refractivity contribution in [2.45, 2.75) is 76.1 Å². The van der Waals surface area contributed by atoms with Crippen molar-refractivity contribution in [1.29, 1.82) is 0 Å². The first-order valence-electron chi connectivity index (χ1n) is 7.55. The Morgan fingerprint density at radius 2 is 1.00 bits per heavy atom. The van der Waals surface area contributed by atoms with Crippen LogP contribution in [0.2, 0.25) is 0 Å². The normalized spacial score (nSPS) is 34.1. The number of hydrogen-bond donors (Lipinski definition) is 0. The summed E-state index contributed by atoms with van der Waals surface area (Å²) in [5, 5.41) is 0. The molecule has 0 atom stereocenters. The van der Waals surface area contributed by atoms with E-state index in [0.29, 0.717) is 24.7 Å². The first-order chi connectivity index (χ1) is 8.79. The smallest absolute Gasteiger partial charge is 0.207 e. The molecular formula is C15H22F4. The Kier molecular flexibility index (Phi) is 3.14. The maximum Gasteiger partial charge on any atom is 0.249 e. The van der Waals surface area contributed by atoms with E-state index in [1.807, 2.05) is 0 Å². The van der Waals surface area contributed by atoms with E-state index in [1.165, 1.54) is 0 Å². The molecule has 0 N–H and O–H groups in total. The van der Waals surface area contributed by atoms with Crippen molar-refractivity contribution in [3.8, 4) is 0 Å². The zero-order valence-electron chi connectivity index (χ0n) is 11.2. The minimum absolute atomic E-state index is 0.0252. The fourth-order valence-corrected chi connectivity index (χ4v) is 4.66. The molecule has 4 heteroatoms. The molecule has 3 aliphatic carbocycles. The van der Waals surface area contributed by atoms with Crippen molar-refractivity contribution in [2.75, 3.05) is 0 Å². The Hall–Kier alpha value is -0.280. The molecule has 0 unspecified atom stereocenters. The molecule has 3 rings (SSSR count). The molecule has 0 saturated heterocycles. The summed E-state index contributed by atoms with van der Waals surface area (Å²) in [5.74, 6) is -3.96. The third-order valence-electron chi connectivity index (χ3n) is 5.79. The van der Waals surface area contributed by atoms with Gasteiger partial charge in [-0.3, -0.25) is 0 Å². The minimum atomic E-state index is -2.46. The topological polar surface area (TPSA) is 0 Å². The summed E-state index contributed by atoms with van der Waals surface area (Å²) < 4.78 is 52.3. The first-order valence-corrected chi connectivity index (χ1v) is 7.55. The molecule has 3 saturated carbocycles. The van der Waals surface area contributed by atoms with Gasteiger partial charge in [0.15, 0.2) is 0 Å². The Labute approximate surface area is 111 Å². The van der Waals surface area contributed by atoms with Crippen LogP contribution in [0.5, 0.6) is 0 Å². The van der Waals surface area contributed by atoms with Gasteiger partial charge in [0.1, 0.15) is 0 Å². The molecule has 0 amide bonds. The van der Waals surface area contributed by atoms with E-state index in [0.717, 1.165) is 25.7 Å². The van der Waals surface area contributed by atoms with E-state index in [2.05, 4.69) is 0 Å². The van der Waals surface area contributed by atoms with Crippen LogP contribution in [0.1, 0.15) is 64.2 Å². The van der Waals surface area contributed by atoms with Gasteiger partial charge < -0.3 is 0 Å². The standard InChI is InChI=1S/C15H22F4/c16-14(17)7-3-12(4-8-14)11-1-5-13(6-2-11)9-15(18,19)10-13/h11-12H,1-10H2. The Balaban J connectivity index is 1.49. The maximum atomic E-state index is 13.1. The van der Waals surface area contributed by atoms with Gasteiger partial charge in [-0.1, -0.05) is 0 Å². The fourth-order valence-electron chi connectivity index (χ4n) is 4.66. The predicted molar refractivity (Wildman–Crippen MR) is 65.5 cm³/mol. The van der Waals surface area contributed by atoms with Crippen molar-refractivity contribution in [1.82, 2.24) is 0 Å². The number of halogens is 4. The second-order valence-electron chi connectivity index (χ2n) is 7.24. The largest absolute Gasteiger partial charge is 0.249 e. The summed E-state index contributed by atoms with van der Waals surface area (Å²) in [6, 6.07) is 0. The molecule has 0 aromatic heterocycles. The lowest BCUT2D eigenvalue weighted by Gasteiger charge is -2.52. The Morgan fingerprint density at radius 1 is 0.579 bits per heavy atom. The zero-order valence-corrected chi connectivity index (χ0v) is 11.2. The van der Waals surface area contributed by atoms with Crippen LogP contribution in [0.3, 0.4) is 0 Å². The average molecular weight is 278 g/mol. The van der Waals surface area contributed by atoms with Gasteiger partial charge in [-0.05, 0) is 55.8 Å². The summed E-state index contributed by atoms with van der Waals surface area (Å²) in [5.41, 5.74) is -0.0986. The van der Waals surface area contributed by atoms with E-state index in [4.69, 9.17) is 0 Å². The molecule has 0 bridgehead atoms. The van der Waals surface area contributed by atoms with Crippen LogP contribution in [-0.2, 0) is 0 Å². The maximum absolute atomic E-state index is 13.1. The highest BCUT2D eigenvalue weighted by Gasteiger charge is 2.57. The van der Waals surface area contributed by atoms with Crippen LogP contribution in [0.4, 0.5) is 17.6 Å². The summed E-state index contributed by atoms with van der Waals surface area (Å²) >= 11 is 0. The summed E-state index contributed by atoms with van der Waals surface area (Å²) in [6.45, 7) is 0. The molecule has 110 valence electrons. The van der Waals surface area contributed by atoms with Crippen LogP contribution in [0.25, 0.3) is 0 Å². The third kappa shape index (κ3) is 2.78. The third-order valence-corrected chi connectivity index (χ3v) is 5.79. The Bertz CT molecular complexity index is 322. The lowest BCUT2D eigenvalue weighted by atomic mass is 9.55. The summed E-state index contributed by atoms with van der Waals surface area (Å²) in [4.78, 5) is 0. The van der Waals surface area contributed by atoms with Gasteiger partial charge in [0, 0.05) is 25.7 Å². The lowest BCUT2D eigenvalue weighted by molar-refractivity contribution is -0.178. The summed E-state index contributed by atoms with van der Waals surface area (Å²) in [7, 11) is 0. The van der Waals surface area contributed by atoms with E-state index in [9.17, 15) is 17.6 Å². The van der Waals surface area contributed by atoms with Crippen molar-refractivity contribution < 1.29 is 17.6 Å². The van der Waals surface area contributed by atoms with E-state index >= 15 is 0 Å². The molecule has 3 aliphatic rings. The second kappa shape index (κ2) is 4.36. The van der Waals surface area contributed by atoms with Crippen molar-refractivity contribution in [3.05, 3.63) is 0 Å². The quantitative estimate of drug-likeness (QED) is 0.562. The molecule has 19 heavy (non-hydrogen) atoms. The second-order valence-corrected chi connectivity index (χ2v) is 7.24. The van der Waals surface area contributed by atoms with E-state index < -0.39 is 11.8 Å². The molecule has 1 spiro atoms. The van der Waals surface area contributed by atoms with Crippen LogP contribution >= 0.6 is 0 Å². The van der Waals surface area contributed by atoms with Gasteiger partial charge in [0.05, 0.1) is 0 Å². The van der Waals surface area contributed by atoms with Crippen molar-refractivity contribution >= 4 is 0 Å². The van der Waals surface area contributed by atoms with Crippen LogP contribution in [0, 0.1) is 17.3 Å². The van der Waals surface area contributed by atoms with Gasteiger partial charge in [-0.25, -0.2) is 17.6 Å². The average Bonchev–Trinajstić information content (AvgIpc) is 2.28. The number of alkyl halides is 4. The monoisotopic (exact) mass is 278 g/mol. The van der Waals surface area contributed by atoms with Crippen LogP contribution in [0.15, 0.2) is 0 Å². The lowest BCUT2D eigenvalue weighted by Crippen LogP contribution is -2.48.